The van der Waals surface area contributed by atoms with E-state index in [1.54, 1.807) is 11.3 Å². The molecule has 0 atom stereocenters. The Morgan fingerprint density at radius 2 is 2.20 bits per heavy atom. The van der Waals surface area contributed by atoms with Gasteiger partial charge in [-0.3, -0.25) is 5.73 Å². The number of anilines is 1. The largest absolute Gasteiger partial charge is 1.00 e. The van der Waals surface area contributed by atoms with E-state index in [1.807, 2.05) is 0 Å². The molecule has 78 valence electrons. The molecule has 0 saturated carbocycles. The Morgan fingerprint density at radius 1 is 1.40 bits per heavy atom. The molecular weight excluding hydrogens is 319 g/mol. The highest BCUT2D eigenvalue weighted by Gasteiger charge is 2.25. The molecule has 4 heteroatoms. The molecule has 3 rings (SSSR count). The van der Waals surface area contributed by atoms with Crippen LogP contribution in [0.3, 0.4) is 0 Å². The number of benzene rings is 1. The number of hydrogen-bond donors (Lipinski definition) is 1. The molecule has 0 aliphatic heterocycles. The van der Waals surface area contributed by atoms with E-state index in [2.05, 4.69) is 30.1 Å². The van der Waals surface area contributed by atoms with Gasteiger partial charge in [-0.1, -0.05) is 29.0 Å². The lowest BCUT2D eigenvalue weighted by molar-refractivity contribution is -0.340. The van der Waals surface area contributed by atoms with Crippen LogP contribution >= 0.6 is 11.3 Å². The third-order valence-electron chi connectivity index (χ3n) is 2.65. The second-order valence-electron chi connectivity index (χ2n) is 3.73. The number of aryl methyl sites for hydroxylation is 1. The molecule has 0 fully saturated rings. The summed E-state index contributed by atoms with van der Waals surface area (Å²) in [5, 5.41) is 0.808. The second kappa shape index (κ2) is 3.75. The molecule has 1 heterocycles. The number of H-pyrrole nitrogens is 1. The fraction of sp³-hybridized carbons (Fsp3) is 0.182. The maximum atomic E-state index is 5.75. The Balaban J connectivity index is 0.000000853. The summed E-state index contributed by atoms with van der Waals surface area (Å²) in [4.78, 5) is 4.60. The van der Waals surface area contributed by atoms with Crippen molar-refractivity contribution >= 4 is 16.5 Å². The zero-order valence-corrected chi connectivity index (χ0v) is 11.3. The van der Waals surface area contributed by atoms with E-state index < -0.39 is 0 Å². The molecule has 1 aromatic heterocycles. The summed E-state index contributed by atoms with van der Waals surface area (Å²) in [6, 6.07) is 6.60. The average Bonchev–Trinajstić information content (AvgIpc) is 2.62. The minimum Gasteiger partial charge on any atom is -1.00 e. The Bertz CT molecular complexity index is 519. The monoisotopic (exact) mass is 330 g/mol. The van der Waals surface area contributed by atoms with Gasteiger partial charge < -0.3 is 24.0 Å². The van der Waals surface area contributed by atoms with Gasteiger partial charge in [-0.05, 0) is 18.6 Å². The van der Waals surface area contributed by atoms with E-state index in [0.717, 1.165) is 11.6 Å². The minimum atomic E-state index is 0. The van der Waals surface area contributed by atoms with E-state index in [1.165, 1.54) is 27.3 Å². The Hall–Kier alpha value is -0.620. The summed E-state index contributed by atoms with van der Waals surface area (Å²) < 4.78 is 0. The number of nitrogens with one attached hydrogen (secondary N) is 1. The van der Waals surface area contributed by atoms with Crippen molar-refractivity contribution in [1.29, 1.82) is 0 Å². The standard InChI is InChI=1S/C11H10N2S.HI/c1-6-2-3-7-5-9-10(8(7)4-6)13-11(12)14-9;/h2-4H,5H2,1H3,(H2,12,13);1H. The quantitative estimate of drug-likeness (QED) is 0.530. The number of halogens is 1. The first kappa shape index (κ1) is 10.9. The van der Waals surface area contributed by atoms with Crippen molar-refractivity contribution in [1.82, 2.24) is 0 Å². The van der Waals surface area contributed by atoms with Gasteiger partial charge in [0.2, 0.25) is 0 Å². The number of rotatable bonds is 0. The summed E-state index contributed by atoms with van der Waals surface area (Å²) in [5.74, 6) is 0. The van der Waals surface area contributed by atoms with Crippen LogP contribution in [0.5, 0.6) is 0 Å². The lowest BCUT2D eigenvalue weighted by atomic mass is 10.1. The molecule has 1 aliphatic rings. The van der Waals surface area contributed by atoms with Crippen molar-refractivity contribution in [3.8, 4) is 11.3 Å². The Morgan fingerprint density at radius 3 is 3.00 bits per heavy atom. The predicted molar refractivity (Wildman–Crippen MR) is 58.3 cm³/mol. The van der Waals surface area contributed by atoms with Gasteiger partial charge in [0.05, 0.1) is 4.88 Å². The molecule has 0 bridgehead atoms. The molecule has 1 aromatic carbocycles. The third-order valence-corrected chi connectivity index (χ3v) is 3.56. The van der Waals surface area contributed by atoms with Gasteiger partial charge in [-0.15, -0.1) is 0 Å². The lowest BCUT2D eigenvalue weighted by Crippen LogP contribution is -3.00. The highest BCUT2D eigenvalue weighted by atomic mass is 127. The number of hydrogen-bond acceptors (Lipinski definition) is 2. The number of nitrogens with two attached hydrogens (primary N) is 1. The molecule has 3 N–H and O–H groups in total. The van der Waals surface area contributed by atoms with Crippen molar-refractivity contribution in [2.45, 2.75) is 13.3 Å². The summed E-state index contributed by atoms with van der Waals surface area (Å²) in [6.07, 6.45) is 1.03. The van der Waals surface area contributed by atoms with Crippen LogP contribution in [0.1, 0.15) is 16.0 Å². The lowest BCUT2D eigenvalue weighted by Gasteiger charge is -1.98. The molecule has 0 radical (unpaired) electrons. The van der Waals surface area contributed by atoms with Gasteiger partial charge in [0.25, 0.3) is 0 Å². The molecule has 0 saturated heterocycles. The predicted octanol–water partition coefficient (Wildman–Crippen LogP) is -0.972. The molecule has 0 spiro atoms. The SMILES string of the molecule is Cc1ccc2c(c1)-c1[nH+]c(N)sc1C2.[I-]. The molecule has 0 amide bonds. The molecule has 0 unspecified atom stereocenters. The minimum absolute atomic E-state index is 0. The van der Waals surface area contributed by atoms with Crippen LogP contribution in [0.4, 0.5) is 5.13 Å². The summed E-state index contributed by atoms with van der Waals surface area (Å²) in [6.45, 7) is 2.12. The zero-order valence-electron chi connectivity index (χ0n) is 8.30. The molecule has 1 aliphatic carbocycles. The molecule has 2 nitrogen and oxygen atoms in total. The van der Waals surface area contributed by atoms with Crippen molar-refractivity contribution in [2.75, 3.05) is 5.73 Å². The van der Waals surface area contributed by atoms with E-state index >= 15 is 0 Å². The van der Waals surface area contributed by atoms with Crippen LogP contribution in [0.25, 0.3) is 11.3 Å². The molecule has 2 aromatic rings. The van der Waals surface area contributed by atoms with Gasteiger partial charge >= 0.3 is 5.13 Å². The van der Waals surface area contributed by atoms with Gasteiger partial charge in [-0.25, -0.2) is 4.98 Å². The average molecular weight is 330 g/mol. The van der Waals surface area contributed by atoms with Gasteiger partial charge in [0.1, 0.15) is 5.69 Å². The first-order chi connectivity index (χ1) is 6.74. The number of nitrogen functional groups attached to an aromatic ring is 1. The van der Waals surface area contributed by atoms with Gasteiger partial charge in [0.15, 0.2) is 0 Å². The van der Waals surface area contributed by atoms with E-state index in [4.69, 9.17) is 5.73 Å². The molecule has 15 heavy (non-hydrogen) atoms. The number of fused-ring (bicyclic) bond motifs is 3. The smallest absolute Gasteiger partial charge is 0.330 e. The third kappa shape index (κ3) is 1.65. The number of aromatic nitrogens is 1. The van der Waals surface area contributed by atoms with Crippen molar-refractivity contribution in [3.63, 3.8) is 0 Å². The van der Waals surface area contributed by atoms with Crippen LogP contribution in [0.15, 0.2) is 18.2 Å². The number of aromatic amines is 1. The molecular formula is C11H11IN2S. The fourth-order valence-corrected chi connectivity index (χ4v) is 2.90. The van der Waals surface area contributed by atoms with Crippen molar-refractivity contribution in [2.24, 2.45) is 0 Å². The summed E-state index contributed by atoms with van der Waals surface area (Å²) in [5.41, 5.74) is 11.0. The van der Waals surface area contributed by atoms with Gasteiger partial charge in [0, 0.05) is 12.0 Å². The first-order valence-electron chi connectivity index (χ1n) is 4.64. The highest BCUT2D eigenvalue weighted by Crippen LogP contribution is 2.37. The highest BCUT2D eigenvalue weighted by molar-refractivity contribution is 7.15. The zero-order chi connectivity index (χ0) is 9.71. The normalized spacial score (nSPS) is 11.8. The van der Waals surface area contributed by atoms with Crippen LogP contribution in [0, 0.1) is 6.92 Å². The van der Waals surface area contributed by atoms with Crippen LogP contribution in [0.2, 0.25) is 0 Å². The van der Waals surface area contributed by atoms with E-state index in [-0.39, 0.29) is 24.0 Å². The fourth-order valence-electron chi connectivity index (χ4n) is 1.99. The van der Waals surface area contributed by atoms with Crippen molar-refractivity contribution in [3.05, 3.63) is 34.2 Å². The second-order valence-corrected chi connectivity index (χ2v) is 4.86. The Kier molecular flexibility index (Phi) is 2.72. The summed E-state index contributed by atoms with van der Waals surface area (Å²) in [7, 11) is 0. The topological polar surface area (TPSA) is 40.2 Å². The number of thiazole rings is 1. The maximum absolute atomic E-state index is 5.75. The van der Waals surface area contributed by atoms with Gasteiger partial charge in [-0.2, -0.15) is 0 Å². The van der Waals surface area contributed by atoms with E-state index in [9.17, 15) is 0 Å². The first-order valence-corrected chi connectivity index (χ1v) is 5.46. The summed E-state index contributed by atoms with van der Waals surface area (Å²) >= 11 is 1.66. The van der Waals surface area contributed by atoms with Crippen LogP contribution in [-0.2, 0) is 6.42 Å². The Labute approximate surface area is 110 Å². The maximum Gasteiger partial charge on any atom is 0.330 e. The van der Waals surface area contributed by atoms with Crippen molar-refractivity contribution < 1.29 is 29.0 Å². The van der Waals surface area contributed by atoms with Crippen LogP contribution < -0.4 is 34.7 Å². The van der Waals surface area contributed by atoms with E-state index in [0.29, 0.717) is 0 Å². The van der Waals surface area contributed by atoms with Crippen LogP contribution in [-0.4, -0.2) is 0 Å².